The molecule has 0 aliphatic heterocycles. The number of nitrogens with zero attached hydrogens (tertiary/aromatic N) is 1. The molecule has 0 amide bonds. The first kappa shape index (κ1) is 10.5. The first-order chi connectivity index (χ1) is 8.25. The van der Waals surface area contributed by atoms with E-state index in [-0.39, 0.29) is 11.5 Å². The Morgan fingerprint density at radius 2 is 2.06 bits per heavy atom. The fraction of sp³-hybridized carbons (Fsp3) is 0.357. The van der Waals surface area contributed by atoms with Crippen LogP contribution in [0.25, 0.3) is 10.9 Å². The third kappa shape index (κ3) is 1.98. The van der Waals surface area contributed by atoms with Crippen LogP contribution < -0.4 is 11.2 Å². The van der Waals surface area contributed by atoms with Crippen molar-refractivity contribution >= 4 is 10.9 Å². The van der Waals surface area contributed by atoms with Gasteiger partial charge in [0, 0.05) is 30.2 Å². The monoisotopic (exact) mass is 228 g/mol. The minimum Gasteiger partial charge on any atom is -0.346 e. The summed E-state index contributed by atoms with van der Waals surface area (Å²) in [5.74, 6) is 0.674. The van der Waals surface area contributed by atoms with Gasteiger partial charge in [0.1, 0.15) is 0 Å². The topological polar surface area (TPSA) is 48.0 Å². The second kappa shape index (κ2) is 4.00. The molecule has 3 rings (SSSR count). The van der Waals surface area contributed by atoms with Crippen molar-refractivity contribution in [2.24, 2.45) is 11.7 Å². The van der Waals surface area contributed by atoms with Gasteiger partial charge in [0.05, 0.1) is 5.52 Å². The van der Waals surface area contributed by atoms with E-state index in [2.05, 4.69) is 4.57 Å². The summed E-state index contributed by atoms with van der Waals surface area (Å²) >= 11 is 0. The van der Waals surface area contributed by atoms with Gasteiger partial charge in [0.25, 0.3) is 0 Å². The molecule has 1 aromatic heterocycles. The van der Waals surface area contributed by atoms with Crippen LogP contribution in [0, 0.1) is 5.92 Å². The summed E-state index contributed by atoms with van der Waals surface area (Å²) in [5.41, 5.74) is 7.20. The maximum absolute atomic E-state index is 11.7. The molecule has 1 aliphatic rings. The van der Waals surface area contributed by atoms with E-state index < -0.39 is 0 Å². The third-order valence-corrected chi connectivity index (χ3v) is 3.52. The molecule has 17 heavy (non-hydrogen) atoms. The van der Waals surface area contributed by atoms with Crippen LogP contribution in [0.1, 0.15) is 12.8 Å². The number of nitrogens with two attached hydrogens (primary N) is 1. The van der Waals surface area contributed by atoms with Crippen LogP contribution in [0.15, 0.2) is 41.3 Å². The van der Waals surface area contributed by atoms with Gasteiger partial charge < -0.3 is 10.3 Å². The summed E-state index contributed by atoms with van der Waals surface area (Å²) in [5, 5.41) is 0.776. The van der Waals surface area contributed by atoms with E-state index in [0.29, 0.717) is 5.92 Å². The highest BCUT2D eigenvalue weighted by atomic mass is 16.1. The van der Waals surface area contributed by atoms with E-state index in [0.717, 1.165) is 17.4 Å². The molecule has 88 valence electrons. The van der Waals surface area contributed by atoms with Crippen LogP contribution in [0.4, 0.5) is 0 Å². The maximum atomic E-state index is 11.7. The average Bonchev–Trinajstić information content (AvgIpc) is 3.17. The summed E-state index contributed by atoms with van der Waals surface area (Å²) in [6.45, 7) is 0.797. The van der Waals surface area contributed by atoms with E-state index in [4.69, 9.17) is 5.73 Å². The quantitative estimate of drug-likeness (QED) is 0.869. The number of hydrogen-bond acceptors (Lipinski definition) is 2. The van der Waals surface area contributed by atoms with Gasteiger partial charge in [-0.1, -0.05) is 12.1 Å². The van der Waals surface area contributed by atoms with Gasteiger partial charge in [0.15, 0.2) is 5.43 Å². The largest absolute Gasteiger partial charge is 0.346 e. The van der Waals surface area contributed by atoms with Gasteiger partial charge in [-0.2, -0.15) is 0 Å². The second-order valence-electron chi connectivity index (χ2n) is 4.85. The molecule has 3 heteroatoms. The first-order valence-corrected chi connectivity index (χ1v) is 6.09. The lowest BCUT2D eigenvalue weighted by Gasteiger charge is -2.15. The Morgan fingerprint density at radius 1 is 1.29 bits per heavy atom. The van der Waals surface area contributed by atoms with Crippen LogP contribution in [-0.4, -0.2) is 10.6 Å². The fourth-order valence-electron chi connectivity index (χ4n) is 2.32. The average molecular weight is 228 g/mol. The van der Waals surface area contributed by atoms with Gasteiger partial charge >= 0.3 is 0 Å². The van der Waals surface area contributed by atoms with Gasteiger partial charge in [-0.15, -0.1) is 0 Å². The minimum atomic E-state index is 0.0804. The molecule has 3 nitrogen and oxygen atoms in total. The number of benzene rings is 1. The molecule has 0 radical (unpaired) electrons. The van der Waals surface area contributed by atoms with Crippen molar-refractivity contribution < 1.29 is 0 Å². The van der Waals surface area contributed by atoms with E-state index >= 15 is 0 Å². The maximum Gasteiger partial charge on any atom is 0.189 e. The summed E-state index contributed by atoms with van der Waals surface area (Å²) in [6, 6.07) is 9.55. The zero-order valence-electron chi connectivity index (χ0n) is 9.67. The first-order valence-electron chi connectivity index (χ1n) is 6.09. The van der Waals surface area contributed by atoms with Gasteiger partial charge in [-0.25, -0.2) is 0 Å². The molecule has 2 N–H and O–H groups in total. The predicted octanol–water partition coefficient (Wildman–Crippen LogP) is 1.74. The smallest absolute Gasteiger partial charge is 0.189 e. The lowest BCUT2D eigenvalue weighted by molar-refractivity contribution is 0.510. The number of para-hydroxylation sites is 1. The molecule has 1 aliphatic carbocycles. The molecule has 1 aromatic carbocycles. The zero-order chi connectivity index (χ0) is 11.8. The zero-order valence-corrected chi connectivity index (χ0v) is 9.67. The van der Waals surface area contributed by atoms with E-state index in [9.17, 15) is 4.79 Å². The van der Waals surface area contributed by atoms with Gasteiger partial charge in [-0.05, 0) is 30.9 Å². The number of hydrogen-bond donors (Lipinski definition) is 1. The molecule has 1 heterocycles. The number of pyridine rings is 1. The van der Waals surface area contributed by atoms with Crippen LogP contribution >= 0.6 is 0 Å². The molecular weight excluding hydrogens is 212 g/mol. The van der Waals surface area contributed by atoms with Crippen molar-refractivity contribution in [2.75, 3.05) is 0 Å². The standard InChI is InChI=1S/C14H16N2O/c15-12(10-5-6-10)9-16-8-7-14(17)11-3-1-2-4-13(11)16/h1-4,7-8,10,12H,5-6,9,15H2. The van der Waals surface area contributed by atoms with Crippen molar-refractivity contribution in [3.63, 3.8) is 0 Å². The molecule has 1 saturated carbocycles. The molecule has 1 fully saturated rings. The van der Waals surface area contributed by atoms with Gasteiger partial charge in [0.2, 0.25) is 0 Å². The summed E-state index contributed by atoms with van der Waals surface area (Å²) in [7, 11) is 0. The van der Waals surface area contributed by atoms with E-state index in [1.165, 1.54) is 12.8 Å². The molecule has 1 unspecified atom stereocenters. The molecule has 0 spiro atoms. The molecule has 0 saturated heterocycles. The highest BCUT2D eigenvalue weighted by Crippen LogP contribution is 2.32. The van der Waals surface area contributed by atoms with Crippen LogP contribution in [0.2, 0.25) is 0 Å². The van der Waals surface area contributed by atoms with Crippen molar-refractivity contribution in [1.29, 1.82) is 0 Å². The highest BCUT2D eigenvalue weighted by Gasteiger charge is 2.28. The van der Waals surface area contributed by atoms with Crippen molar-refractivity contribution in [1.82, 2.24) is 4.57 Å². The number of fused-ring (bicyclic) bond motifs is 1. The predicted molar refractivity (Wildman–Crippen MR) is 68.9 cm³/mol. The fourth-order valence-corrected chi connectivity index (χ4v) is 2.32. The third-order valence-electron chi connectivity index (χ3n) is 3.52. The number of aromatic nitrogens is 1. The van der Waals surface area contributed by atoms with Crippen LogP contribution in [0.3, 0.4) is 0 Å². The Kier molecular flexibility index (Phi) is 2.48. The van der Waals surface area contributed by atoms with Crippen LogP contribution in [0.5, 0.6) is 0 Å². The Bertz CT molecular complexity index is 598. The lowest BCUT2D eigenvalue weighted by atomic mass is 10.1. The summed E-state index contributed by atoms with van der Waals surface area (Å²) in [6.07, 6.45) is 4.35. The molecule has 0 bridgehead atoms. The van der Waals surface area contributed by atoms with Gasteiger partial charge in [-0.3, -0.25) is 4.79 Å². The van der Waals surface area contributed by atoms with Crippen molar-refractivity contribution in [2.45, 2.75) is 25.4 Å². The molecular formula is C14H16N2O. The highest BCUT2D eigenvalue weighted by molar-refractivity contribution is 5.78. The van der Waals surface area contributed by atoms with E-state index in [1.54, 1.807) is 6.07 Å². The second-order valence-corrected chi connectivity index (χ2v) is 4.85. The lowest BCUT2D eigenvalue weighted by Crippen LogP contribution is -2.28. The summed E-state index contributed by atoms with van der Waals surface area (Å²) in [4.78, 5) is 11.7. The van der Waals surface area contributed by atoms with Crippen molar-refractivity contribution in [3.8, 4) is 0 Å². The Labute approximate surface area is 99.9 Å². The summed E-state index contributed by atoms with van der Waals surface area (Å²) < 4.78 is 2.10. The Morgan fingerprint density at radius 3 is 2.82 bits per heavy atom. The SMILES string of the molecule is NC(Cn1ccc(=O)c2ccccc21)C1CC1. The van der Waals surface area contributed by atoms with E-state index in [1.807, 2.05) is 30.5 Å². The normalized spacial score (nSPS) is 17.2. The Hall–Kier alpha value is -1.61. The minimum absolute atomic E-state index is 0.0804. The Balaban J connectivity index is 2.04. The molecule has 1 atom stereocenters. The molecule has 2 aromatic rings. The number of rotatable bonds is 3. The van der Waals surface area contributed by atoms with Crippen LogP contribution in [-0.2, 0) is 6.54 Å². The van der Waals surface area contributed by atoms with Crippen molar-refractivity contribution in [3.05, 3.63) is 46.8 Å².